The minimum atomic E-state index is 0. The van der Waals surface area contributed by atoms with Gasteiger partial charge in [-0.25, -0.2) is 4.98 Å². The molecule has 7 heavy (non-hydrogen) atoms. The van der Waals surface area contributed by atoms with Crippen molar-refractivity contribution in [2.45, 2.75) is 6.92 Å². The van der Waals surface area contributed by atoms with Crippen LogP contribution in [0.1, 0.15) is 7.25 Å². The monoisotopic (exact) mass is 106 g/mol. The largest absolute Gasteiger partial charge is 1.00 e. The Morgan fingerprint density at radius 2 is 2.57 bits per heavy atom. The summed E-state index contributed by atoms with van der Waals surface area (Å²) in [6.07, 6.45) is 3.53. The summed E-state index contributed by atoms with van der Waals surface area (Å²) in [6.45, 7) is 1.92. The quantitative estimate of drug-likeness (QED) is 0.375. The van der Waals surface area contributed by atoms with Crippen LogP contribution in [0.2, 0.25) is 0 Å². The van der Waals surface area contributed by atoms with Gasteiger partial charge >= 0.3 is 29.6 Å². The standard InChI is InChI=1S/C4H6N2.Na.H/c1-4-5-2-3-6-4;;/h2-3H,1H3,(H,5,6);;/q;+1;-1. The summed E-state index contributed by atoms with van der Waals surface area (Å²) in [4.78, 5) is 6.75. The summed E-state index contributed by atoms with van der Waals surface area (Å²) >= 11 is 0. The van der Waals surface area contributed by atoms with Crippen LogP contribution < -0.4 is 29.6 Å². The fourth-order valence-electron chi connectivity index (χ4n) is 0.344. The van der Waals surface area contributed by atoms with Crippen LogP contribution in [-0.2, 0) is 0 Å². The first kappa shape index (κ1) is 7.21. The van der Waals surface area contributed by atoms with Gasteiger partial charge in [-0.2, -0.15) is 0 Å². The summed E-state index contributed by atoms with van der Waals surface area (Å²) in [5.41, 5.74) is 0. The number of hydrogen-bond donors (Lipinski definition) is 1. The zero-order valence-electron chi connectivity index (χ0n) is 5.60. The Hall–Kier alpha value is 0.210. The van der Waals surface area contributed by atoms with E-state index >= 15 is 0 Å². The molecule has 0 spiro atoms. The van der Waals surface area contributed by atoms with Crippen molar-refractivity contribution in [3.8, 4) is 0 Å². The average molecular weight is 106 g/mol. The summed E-state index contributed by atoms with van der Waals surface area (Å²) in [7, 11) is 0. The maximum Gasteiger partial charge on any atom is 1.00 e. The summed E-state index contributed by atoms with van der Waals surface area (Å²) in [5, 5.41) is 0. The van der Waals surface area contributed by atoms with Crippen LogP contribution in [0.5, 0.6) is 0 Å². The van der Waals surface area contributed by atoms with Gasteiger partial charge in [0.25, 0.3) is 0 Å². The van der Waals surface area contributed by atoms with Gasteiger partial charge in [0.15, 0.2) is 0 Å². The molecule has 1 heterocycles. The third kappa shape index (κ3) is 2.12. The molecule has 0 aromatic carbocycles. The Labute approximate surface area is 66.1 Å². The fourth-order valence-corrected chi connectivity index (χ4v) is 0.344. The van der Waals surface area contributed by atoms with Gasteiger partial charge in [-0.15, -0.1) is 0 Å². The molecule has 1 rings (SSSR count). The first-order chi connectivity index (χ1) is 2.89. The minimum Gasteiger partial charge on any atom is -1.00 e. The molecule has 0 aliphatic carbocycles. The van der Waals surface area contributed by atoms with Crippen molar-refractivity contribution in [1.82, 2.24) is 9.97 Å². The first-order valence-corrected chi connectivity index (χ1v) is 1.85. The molecule has 0 aliphatic heterocycles. The SMILES string of the molecule is Cc1ncc[nH]1.[H-].[Na+]. The molecule has 1 aromatic heterocycles. The number of aromatic nitrogens is 2. The van der Waals surface area contributed by atoms with Gasteiger partial charge in [0.2, 0.25) is 0 Å². The topological polar surface area (TPSA) is 28.7 Å². The van der Waals surface area contributed by atoms with Gasteiger partial charge in [0.05, 0.1) is 0 Å². The predicted molar refractivity (Wildman–Crippen MR) is 24.4 cm³/mol. The molecule has 3 heteroatoms. The number of aryl methyl sites for hydroxylation is 1. The van der Waals surface area contributed by atoms with Crippen molar-refractivity contribution in [1.29, 1.82) is 0 Å². The maximum atomic E-state index is 3.86. The van der Waals surface area contributed by atoms with Gasteiger partial charge in [-0.1, -0.05) is 0 Å². The minimum absolute atomic E-state index is 0. The van der Waals surface area contributed by atoms with Crippen molar-refractivity contribution in [3.63, 3.8) is 0 Å². The molecule has 2 nitrogen and oxygen atoms in total. The second-order valence-electron chi connectivity index (χ2n) is 1.17. The molecule has 1 aromatic rings. The summed E-state index contributed by atoms with van der Waals surface area (Å²) in [6, 6.07) is 0. The number of nitrogens with zero attached hydrogens (tertiary/aromatic N) is 1. The zero-order valence-corrected chi connectivity index (χ0v) is 6.60. The average Bonchev–Trinajstić information content (AvgIpc) is 1.86. The summed E-state index contributed by atoms with van der Waals surface area (Å²) in [5.74, 6) is 0.968. The Kier molecular flexibility index (Phi) is 3.34. The fraction of sp³-hybridized carbons (Fsp3) is 0.250. The van der Waals surface area contributed by atoms with E-state index in [1.54, 1.807) is 12.4 Å². The van der Waals surface area contributed by atoms with E-state index in [2.05, 4.69) is 9.97 Å². The van der Waals surface area contributed by atoms with Gasteiger partial charge in [-0.3, -0.25) is 0 Å². The van der Waals surface area contributed by atoms with Crippen molar-refractivity contribution in [2.24, 2.45) is 0 Å². The number of rotatable bonds is 0. The van der Waals surface area contributed by atoms with Gasteiger partial charge in [0.1, 0.15) is 5.82 Å². The van der Waals surface area contributed by atoms with E-state index in [9.17, 15) is 0 Å². The number of nitrogens with one attached hydrogen (secondary N) is 1. The van der Waals surface area contributed by atoms with Crippen LogP contribution in [0.25, 0.3) is 0 Å². The summed E-state index contributed by atoms with van der Waals surface area (Å²) < 4.78 is 0. The third-order valence-corrected chi connectivity index (χ3v) is 0.635. The van der Waals surface area contributed by atoms with Gasteiger partial charge in [-0.05, 0) is 6.92 Å². The molecule has 34 valence electrons. The van der Waals surface area contributed by atoms with E-state index in [0.717, 1.165) is 5.82 Å². The predicted octanol–water partition coefficient (Wildman–Crippen LogP) is -2.17. The van der Waals surface area contributed by atoms with Crippen LogP contribution in [-0.4, -0.2) is 9.97 Å². The van der Waals surface area contributed by atoms with Gasteiger partial charge < -0.3 is 6.41 Å². The van der Waals surface area contributed by atoms with E-state index < -0.39 is 0 Å². The Balaban J connectivity index is 0. The third-order valence-electron chi connectivity index (χ3n) is 0.635. The number of hydrogen-bond acceptors (Lipinski definition) is 1. The van der Waals surface area contributed by atoms with Crippen LogP contribution in [0.15, 0.2) is 12.4 Å². The van der Waals surface area contributed by atoms with Crippen molar-refractivity contribution in [3.05, 3.63) is 18.2 Å². The van der Waals surface area contributed by atoms with Crippen molar-refractivity contribution >= 4 is 0 Å². The van der Waals surface area contributed by atoms with E-state index in [-0.39, 0.29) is 31.0 Å². The van der Waals surface area contributed by atoms with E-state index in [0.29, 0.717) is 0 Å². The molecular weight excluding hydrogens is 99.0 g/mol. The van der Waals surface area contributed by atoms with E-state index in [1.807, 2.05) is 6.92 Å². The molecule has 0 amide bonds. The van der Waals surface area contributed by atoms with Gasteiger partial charge in [0, 0.05) is 12.4 Å². The Morgan fingerprint density at radius 1 is 1.86 bits per heavy atom. The molecule has 1 N–H and O–H groups in total. The number of imidazole rings is 1. The molecule has 0 aliphatic rings. The molecule has 0 unspecified atom stereocenters. The zero-order chi connectivity index (χ0) is 4.41. The molecule has 0 fully saturated rings. The molecule has 0 saturated heterocycles. The van der Waals surface area contributed by atoms with Crippen molar-refractivity contribution < 1.29 is 31.0 Å². The van der Waals surface area contributed by atoms with Crippen LogP contribution in [0.3, 0.4) is 0 Å². The van der Waals surface area contributed by atoms with Crippen molar-refractivity contribution in [2.75, 3.05) is 0 Å². The molecular formula is C4H7N2Na. The number of aromatic amines is 1. The Morgan fingerprint density at radius 3 is 2.71 bits per heavy atom. The first-order valence-electron chi connectivity index (χ1n) is 1.85. The molecule has 0 atom stereocenters. The Bertz CT molecular complexity index is 118. The smallest absolute Gasteiger partial charge is 1.00 e. The normalized spacial score (nSPS) is 7.57. The molecule has 0 radical (unpaired) electrons. The van der Waals surface area contributed by atoms with Crippen LogP contribution in [0.4, 0.5) is 0 Å². The second-order valence-corrected chi connectivity index (χ2v) is 1.17. The molecule has 0 bridgehead atoms. The second kappa shape index (κ2) is 3.24. The van der Waals surface area contributed by atoms with Crippen LogP contribution in [0, 0.1) is 6.92 Å². The number of H-pyrrole nitrogens is 1. The maximum absolute atomic E-state index is 3.86. The van der Waals surface area contributed by atoms with E-state index in [4.69, 9.17) is 0 Å². The van der Waals surface area contributed by atoms with Crippen LogP contribution >= 0.6 is 0 Å². The van der Waals surface area contributed by atoms with E-state index in [1.165, 1.54) is 0 Å². The molecule has 0 saturated carbocycles.